The van der Waals surface area contributed by atoms with E-state index in [9.17, 15) is 14.4 Å². The van der Waals surface area contributed by atoms with Gasteiger partial charge >= 0.3 is 11.7 Å². The number of rotatable bonds is 6. The molecule has 0 fully saturated rings. The minimum Gasteiger partial charge on any atom is -0.322 e. The van der Waals surface area contributed by atoms with E-state index in [1.807, 2.05) is 36.4 Å². The summed E-state index contributed by atoms with van der Waals surface area (Å²) in [5.41, 5.74) is 3.43. The van der Waals surface area contributed by atoms with Gasteiger partial charge < -0.3 is 16.0 Å². The molecule has 0 atom stereocenters. The summed E-state index contributed by atoms with van der Waals surface area (Å²) in [5.74, 6) is -0.294. The van der Waals surface area contributed by atoms with Crippen LogP contribution in [0.25, 0.3) is 5.65 Å². The van der Waals surface area contributed by atoms with Crippen molar-refractivity contribution in [3.8, 4) is 0 Å². The van der Waals surface area contributed by atoms with Crippen LogP contribution in [0.5, 0.6) is 0 Å². The fraction of sp³-hybridized carbons (Fsp3) is 0.0370. The predicted octanol–water partition coefficient (Wildman–Crippen LogP) is 4.44. The standard InChI is InChI=1S/C27H22N6O3/c34-25(20-12-14-22(15-13-20)30-26(35)29-21-8-2-1-3-9-21)28-23-10-6-7-19(17-23)18-33-27(36)32-16-5-4-11-24(32)31-33/h1-17H,18H2,(H,28,34)(H2,29,30,35). The summed E-state index contributed by atoms with van der Waals surface area (Å²) in [7, 11) is 0. The Morgan fingerprint density at radius 1 is 0.722 bits per heavy atom. The van der Waals surface area contributed by atoms with Crippen molar-refractivity contribution in [2.75, 3.05) is 16.0 Å². The second-order valence-corrected chi connectivity index (χ2v) is 8.05. The lowest BCUT2D eigenvalue weighted by Gasteiger charge is -2.09. The molecule has 0 aliphatic carbocycles. The Morgan fingerprint density at radius 3 is 2.17 bits per heavy atom. The molecule has 9 heteroatoms. The second kappa shape index (κ2) is 9.98. The normalized spacial score (nSPS) is 10.7. The molecule has 0 radical (unpaired) electrons. The topological polar surface area (TPSA) is 110 Å². The summed E-state index contributed by atoms with van der Waals surface area (Å²) in [6.45, 7) is 0.273. The van der Waals surface area contributed by atoms with Crippen LogP contribution in [0, 0.1) is 0 Å². The minimum atomic E-state index is -0.375. The van der Waals surface area contributed by atoms with Crippen LogP contribution < -0.4 is 21.6 Å². The Balaban J connectivity index is 1.22. The molecule has 178 valence electrons. The Labute approximate surface area is 206 Å². The molecule has 5 aromatic rings. The highest BCUT2D eigenvalue weighted by molar-refractivity contribution is 6.05. The van der Waals surface area contributed by atoms with Crippen LogP contribution in [0.3, 0.4) is 0 Å². The van der Waals surface area contributed by atoms with Crippen molar-refractivity contribution in [1.82, 2.24) is 14.2 Å². The van der Waals surface area contributed by atoms with Crippen LogP contribution in [-0.4, -0.2) is 26.1 Å². The van der Waals surface area contributed by atoms with Gasteiger partial charge in [0.2, 0.25) is 0 Å². The smallest absolute Gasteiger partial charge is 0.322 e. The van der Waals surface area contributed by atoms with E-state index in [1.165, 1.54) is 9.08 Å². The highest BCUT2D eigenvalue weighted by atomic mass is 16.2. The largest absolute Gasteiger partial charge is 0.350 e. The third-order valence-electron chi connectivity index (χ3n) is 5.44. The van der Waals surface area contributed by atoms with Crippen LogP contribution in [0.15, 0.2) is 108 Å². The molecule has 3 aromatic carbocycles. The lowest BCUT2D eigenvalue weighted by atomic mass is 10.1. The number of anilines is 3. The van der Waals surface area contributed by atoms with E-state index in [2.05, 4.69) is 21.0 Å². The van der Waals surface area contributed by atoms with Crippen LogP contribution in [0.4, 0.5) is 21.9 Å². The maximum Gasteiger partial charge on any atom is 0.350 e. The van der Waals surface area contributed by atoms with E-state index in [-0.39, 0.29) is 24.2 Å². The number of fused-ring (bicyclic) bond motifs is 1. The number of hydrogen-bond acceptors (Lipinski definition) is 4. The third-order valence-corrected chi connectivity index (χ3v) is 5.44. The quantitative estimate of drug-likeness (QED) is 0.335. The Kier molecular flexibility index (Phi) is 6.27. The molecule has 0 bridgehead atoms. The first-order valence-electron chi connectivity index (χ1n) is 11.2. The number of pyridine rings is 1. The molecule has 9 nitrogen and oxygen atoms in total. The number of carbonyl (C=O) groups is 2. The van der Waals surface area contributed by atoms with Gasteiger partial charge in [0.25, 0.3) is 5.91 Å². The zero-order chi connectivity index (χ0) is 24.9. The molecule has 0 saturated carbocycles. The summed E-state index contributed by atoms with van der Waals surface area (Å²) in [6, 6.07) is 27.9. The van der Waals surface area contributed by atoms with Crippen LogP contribution in [-0.2, 0) is 6.54 Å². The van der Waals surface area contributed by atoms with E-state index < -0.39 is 0 Å². The van der Waals surface area contributed by atoms with Gasteiger partial charge in [-0.15, -0.1) is 5.10 Å². The van der Waals surface area contributed by atoms with Gasteiger partial charge in [0.1, 0.15) is 0 Å². The van der Waals surface area contributed by atoms with Crippen molar-refractivity contribution >= 4 is 34.6 Å². The lowest BCUT2D eigenvalue weighted by Crippen LogP contribution is -2.21. The minimum absolute atomic E-state index is 0.230. The Hall–Kier alpha value is -5.18. The van der Waals surface area contributed by atoms with E-state index in [0.717, 1.165) is 5.56 Å². The van der Waals surface area contributed by atoms with Gasteiger partial charge in [0.05, 0.1) is 6.54 Å². The van der Waals surface area contributed by atoms with E-state index >= 15 is 0 Å². The van der Waals surface area contributed by atoms with E-state index in [4.69, 9.17) is 0 Å². The lowest BCUT2D eigenvalue weighted by molar-refractivity contribution is 0.102. The van der Waals surface area contributed by atoms with Gasteiger partial charge in [-0.25, -0.2) is 14.3 Å². The van der Waals surface area contributed by atoms with Crippen molar-refractivity contribution in [2.45, 2.75) is 6.54 Å². The highest BCUT2D eigenvalue weighted by Crippen LogP contribution is 2.15. The molecule has 0 saturated heterocycles. The van der Waals surface area contributed by atoms with Gasteiger partial charge in [-0.3, -0.25) is 9.20 Å². The molecule has 0 aliphatic heterocycles. The summed E-state index contributed by atoms with van der Waals surface area (Å²) >= 11 is 0. The highest BCUT2D eigenvalue weighted by Gasteiger charge is 2.10. The number of nitrogens with zero attached hydrogens (tertiary/aromatic N) is 3. The van der Waals surface area contributed by atoms with Gasteiger partial charge in [-0.2, -0.15) is 0 Å². The summed E-state index contributed by atoms with van der Waals surface area (Å²) in [6.07, 6.45) is 1.67. The molecule has 3 amide bonds. The maximum absolute atomic E-state index is 12.7. The summed E-state index contributed by atoms with van der Waals surface area (Å²) < 4.78 is 2.87. The Bertz CT molecular complexity index is 1590. The molecule has 0 aliphatic rings. The third kappa shape index (κ3) is 5.15. The first-order valence-corrected chi connectivity index (χ1v) is 11.2. The fourth-order valence-electron chi connectivity index (χ4n) is 3.71. The van der Waals surface area contributed by atoms with Gasteiger partial charge in [0, 0.05) is 28.8 Å². The van der Waals surface area contributed by atoms with Crippen molar-refractivity contribution in [3.05, 3.63) is 125 Å². The fourth-order valence-corrected chi connectivity index (χ4v) is 3.71. The SMILES string of the molecule is O=C(Nc1ccccc1)Nc1ccc(C(=O)Nc2cccc(Cn3nc4ccccn4c3=O)c2)cc1. The number of aromatic nitrogens is 3. The first kappa shape index (κ1) is 22.6. The average molecular weight is 479 g/mol. The van der Waals surface area contributed by atoms with Crippen LogP contribution >= 0.6 is 0 Å². The molecule has 2 aromatic heterocycles. The molecule has 36 heavy (non-hydrogen) atoms. The van der Waals surface area contributed by atoms with Gasteiger partial charge in [0.15, 0.2) is 5.65 Å². The average Bonchev–Trinajstić information content (AvgIpc) is 3.20. The number of amides is 3. The second-order valence-electron chi connectivity index (χ2n) is 8.05. The molecular weight excluding hydrogens is 456 g/mol. The Morgan fingerprint density at radius 2 is 1.42 bits per heavy atom. The summed E-state index contributed by atoms with van der Waals surface area (Å²) in [5, 5.41) is 12.7. The van der Waals surface area contributed by atoms with Gasteiger partial charge in [-0.1, -0.05) is 36.4 Å². The number of hydrogen-bond donors (Lipinski definition) is 3. The number of carbonyl (C=O) groups excluding carboxylic acids is 2. The molecule has 0 unspecified atom stereocenters. The number of benzene rings is 3. The van der Waals surface area contributed by atoms with Crippen LogP contribution in [0.2, 0.25) is 0 Å². The molecule has 0 spiro atoms. The van der Waals surface area contributed by atoms with Crippen LogP contribution in [0.1, 0.15) is 15.9 Å². The van der Waals surface area contributed by atoms with E-state index in [1.54, 1.807) is 66.9 Å². The van der Waals surface area contributed by atoms with Crippen molar-refractivity contribution < 1.29 is 9.59 Å². The first-order chi connectivity index (χ1) is 17.5. The predicted molar refractivity (Wildman–Crippen MR) is 138 cm³/mol. The zero-order valence-corrected chi connectivity index (χ0v) is 19.1. The molecular formula is C27H22N6O3. The van der Waals surface area contributed by atoms with Gasteiger partial charge in [-0.05, 0) is 66.2 Å². The zero-order valence-electron chi connectivity index (χ0n) is 19.1. The molecule has 2 heterocycles. The van der Waals surface area contributed by atoms with E-state index in [0.29, 0.717) is 28.3 Å². The van der Waals surface area contributed by atoms with Crippen molar-refractivity contribution in [3.63, 3.8) is 0 Å². The summed E-state index contributed by atoms with van der Waals surface area (Å²) in [4.78, 5) is 37.4. The number of nitrogens with one attached hydrogen (secondary N) is 3. The number of urea groups is 1. The van der Waals surface area contributed by atoms with Crippen molar-refractivity contribution in [1.29, 1.82) is 0 Å². The monoisotopic (exact) mass is 478 g/mol. The van der Waals surface area contributed by atoms with Crippen molar-refractivity contribution in [2.24, 2.45) is 0 Å². The molecule has 5 rings (SSSR count). The molecule has 3 N–H and O–H groups in total. The number of para-hydroxylation sites is 1. The maximum atomic E-state index is 12.7.